The minimum atomic E-state index is -0.475. The number of hydrogen-bond donors (Lipinski definition) is 2. The summed E-state index contributed by atoms with van der Waals surface area (Å²) in [4.78, 5) is 29.6. The Hall–Kier alpha value is -2.22. The van der Waals surface area contributed by atoms with E-state index in [9.17, 15) is 9.59 Å². The molecule has 1 aromatic heterocycles. The van der Waals surface area contributed by atoms with Crippen LogP contribution in [0.3, 0.4) is 0 Å². The Morgan fingerprint density at radius 2 is 1.85 bits per heavy atom. The van der Waals surface area contributed by atoms with Crippen LogP contribution in [0.4, 0.5) is 5.69 Å². The van der Waals surface area contributed by atoms with Crippen LogP contribution in [0.15, 0.2) is 41.8 Å². The number of nitrogens with one attached hydrogen (secondary N) is 1. The van der Waals surface area contributed by atoms with Crippen molar-refractivity contribution in [1.29, 1.82) is 0 Å². The summed E-state index contributed by atoms with van der Waals surface area (Å²) in [7, 11) is 0. The fourth-order valence-corrected chi connectivity index (χ4v) is 3.81. The van der Waals surface area contributed by atoms with Gasteiger partial charge in [0.25, 0.3) is 0 Å². The highest BCUT2D eigenvalue weighted by molar-refractivity contribution is 7.09. The van der Waals surface area contributed by atoms with Crippen molar-refractivity contribution in [3.8, 4) is 0 Å². The molecule has 138 valence electrons. The lowest BCUT2D eigenvalue weighted by atomic mass is 10.1. The van der Waals surface area contributed by atoms with Crippen molar-refractivity contribution >= 4 is 28.8 Å². The Morgan fingerprint density at radius 3 is 2.42 bits per heavy atom. The Kier molecular flexibility index (Phi) is 6.03. The molecule has 6 nitrogen and oxygen atoms in total. The Bertz CT molecular complexity index is 737. The third-order valence-electron chi connectivity index (χ3n) is 4.73. The van der Waals surface area contributed by atoms with Crippen LogP contribution < -0.4 is 11.1 Å². The van der Waals surface area contributed by atoms with Crippen LogP contribution >= 0.6 is 11.3 Å². The Labute approximate surface area is 157 Å². The molecule has 1 saturated heterocycles. The van der Waals surface area contributed by atoms with Crippen molar-refractivity contribution in [2.45, 2.75) is 19.5 Å². The second-order valence-corrected chi connectivity index (χ2v) is 7.53. The molecule has 0 saturated carbocycles. The van der Waals surface area contributed by atoms with E-state index in [1.165, 1.54) is 4.88 Å². The van der Waals surface area contributed by atoms with Gasteiger partial charge in [0.2, 0.25) is 11.8 Å². The summed E-state index contributed by atoms with van der Waals surface area (Å²) in [6.45, 7) is 6.59. The highest BCUT2D eigenvalue weighted by atomic mass is 32.1. The van der Waals surface area contributed by atoms with Crippen LogP contribution in [-0.4, -0.2) is 53.8 Å². The highest BCUT2D eigenvalue weighted by Crippen LogP contribution is 2.16. The number of carbonyl (C=O) groups is 2. The Morgan fingerprint density at radius 1 is 1.15 bits per heavy atom. The van der Waals surface area contributed by atoms with Gasteiger partial charge in [0.1, 0.15) is 0 Å². The number of nitrogens with zero attached hydrogens (tertiary/aromatic N) is 2. The molecule has 1 fully saturated rings. The van der Waals surface area contributed by atoms with Crippen molar-refractivity contribution in [3.63, 3.8) is 0 Å². The minimum Gasteiger partial charge on any atom is -0.366 e. The van der Waals surface area contributed by atoms with Gasteiger partial charge in [-0.25, -0.2) is 0 Å². The number of thiophene rings is 1. The van der Waals surface area contributed by atoms with E-state index in [2.05, 4.69) is 32.6 Å². The van der Waals surface area contributed by atoms with E-state index in [0.717, 1.165) is 32.7 Å². The van der Waals surface area contributed by atoms with E-state index in [0.29, 0.717) is 11.3 Å². The van der Waals surface area contributed by atoms with Gasteiger partial charge in [0.05, 0.1) is 6.04 Å². The second kappa shape index (κ2) is 8.44. The van der Waals surface area contributed by atoms with E-state index in [4.69, 9.17) is 5.73 Å². The normalized spacial score (nSPS) is 17.0. The topological polar surface area (TPSA) is 78.7 Å². The lowest BCUT2D eigenvalue weighted by Crippen LogP contribution is -2.52. The molecule has 26 heavy (non-hydrogen) atoms. The smallest absolute Gasteiger partial charge is 0.248 e. The maximum Gasteiger partial charge on any atom is 0.248 e. The van der Waals surface area contributed by atoms with Gasteiger partial charge in [-0.15, -0.1) is 11.3 Å². The predicted octanol–water partition coefficient (Wildman–Crippen LogP) is 1.99. The van der Waals surface area contributed by atoms with Gasteiger partial charge >= 0.3 is 0 Å². The van der Waals surface area contributed by atoms with Gasteiger partial charge in [0, 0.05) is 48.9 Å². The van der Waals surface area contributed by atoms with Crippen LogP contribution in [0.25, 0.3) is 0 Å². The molecule has 0 aliphatic carbocycles. The summed E-state index contributed by atoms with van der Waals surface area (Å²) in [5.41, 5.74) is 6.33. The maximum atomic E-state index is 12.5. The average molecular weight is 372 g/mol. The van der Waals surface area contributed by atoms with E-state index < -0.39 is 5.91 Å². The molecule has 1 unspecified atom stereocenters. The molecule has 1 aromatic carbocycles. The molecule has 3 rings (SSSR count). The predicted molar refractivity (Wildman–Crippen MR) is 104 cm³/mol. The molecule has 7 heteroatoms. The van der Waals surface area contributed by atoms with Gasteiger partial charge in [0.15, 0.2) is 0 Å². The minimum absolute atomic E-state index is 0.0384. The molecule has 1 aliphatic rings. The number of rotatable bonds is 6. The zero-order valence-corrected chi connectivity index (χ0v) is 15.7. The summed E-state index contributed by atoms with van der Waals surface area (Å²) < 4.78 is 0. The van der Waals surface area contributed by atoms with Crippen molar-refractivity contribution in [2.24, 2.45) is 5.73 Å². The number of primary amides is 1. The van der Waals surface area contributed by atoms with E-state index in [1.54, 1.807) is 35.6 Å². The quantitative estimate of drug-likeness (QED) is 0.813. The first kappa shape index (κ1) is 18.6. The molecular weight excluding hydrogens is 348 g/mol. The molecule has 2 heterocycles. The Balaban J connectivity index is 1.48. The lowest BCUT2D eigenvalue weighted by molar-refractivity contribution is -0.121. The first-order valence-corrected chi connectivity index (χ1v) is 9.60. The first-order valence-electron chi connectivity index (χ1n) is 8.72. The van der Waals surface area contributed by atoms with Crippen LogP contribution in [0.1, 0.15) is 22.2 Å². The number of carbonyl (C=O) groups excluding carboxylic acids is 2. The van der Waals surface area contributed by atoms with Crippen molar-refractivity contribution in [2.75, 3.05) is 31.5 Å². The number of anilines is 1. The van der Waals surface area contributed by atoms with Gasteiger partial charge in [-0.3, -0.25) is 19.4 Å². The number of hydrogen-bond acceptors (Lipinski definition) is 5. The average Bonchev–Trinajstić information content (AvgIpc) is 3.15. The van der Waals surface area contributed by atoms with Crippen molar-refractivity contribution in [3.05, 3.63) is 52.2 Å². The largest absolute Gasteiger partial charge is 0.366 e. The summed E-state index contributed by atoms with van der Waals surface area (Å²) in [5.74, 6) is -0.514. The van der Waals surface area contributed by atoms with Crippen LogP contribution in [0, 0.1) is 0 Å². The molecule has 1 aliphatic heterocycles. The standard InChI is InChI=1S/C19H24N4O2S/c1-14(19(25)21-16-6-4-15(5-7-16)18(20)24)23-10-8-22(9-11-23)13-17-3-2-12-26-17/h2-7,12,14H,8-11,13H2,1H3,(H2,20,24)(H,21,25). The van der Waals surface area contributed by atoms with Gasteiger partial charge < -0.3 is 11.1 Å². The van der Waals surface area contributed by atoms with Crippen molar-refractivity contribution < 1.29 is 9.59 Å². The van der Waals surface area contributed by atoms with Crippen LogP contribution in [0.2, 0.25) is 0 Å². The van der Waals surface area contributed by atoms with E-state index >= 15 is 0 Å². The molecule has 2 amide bonds. The molecule has 3 N–H and O–H groups in total. The van der Waals surface area contributed by atoms with E-state index in [-0.39, 0.29) is 11.9 Å². The van der Waals surface area contributed by atoms with Crippen LogP contribution in [0.5, 0.6) is 0 Å². The number of piperazine rings is 1. The van der Waals surface area contributed by atoms with Gasteiger partial charge in [-0.05, 0) is 42.6 Å². The fourth-order valence-electron chi connectivity index (χ4n) is 3.06. The first-order chi connectivity index (χ1) is 12.5. The van der Waals surface area contributed by atoms with Gasteiger partial charge in [-0.1, -0.05) is 6.07 Å². The monoisotopic (exact) mass is 372 g/mol. The van der Waals surface area contributed by atoms with Gasteiger partial charge in [-0.2, -0.15) is 0 Å². The fraction of sp³-hybridized carbons (Fsp3) is 0.368. The molecule has 2 aromatic rings. The third kappa shape index (κ3) is 4.69. The number of nitrogens with two attached hydrogens (primary N) is 1. The third-order valence-corrected chi connectivity index (χ3v) is 5.59. The van der Waals surface area contributed by atoms with Crippen LogP contribution in [-0.2, 0) is 11.3 Å². The second-order valence-electron chi connectivity index (χ2n) is 6.50. The SMILES string of the molecule is CC(C(=O)Nc1ccc(C(N)=O)cc1)N1CCN(Cc2cccs2)CC1. The lowest BCUT2D eigenvalue weighted by Gasteiger charge is -2.37. The molecule has 0 radical (unpaired) electrons. The summed E-state index contributed by atoms with van der Waals surface area (Å²) in [5, 5.41) is 5.01. The molecule has 1 atom stereocenters. The molecule has 0 bridgehead atoms. The van der Waals surface area contributed by atoms with Crippen molar-refractivity contribution in [1.82, 2.24) is 9.80 Å². The van der Waals surface area contributed by atoms with E-state index in [1.807, 2.05) is 6.92 Å². The number of amides is 2. The summed E-state index contributed by atoms with van der Waals surface area (Å²) in [6, 6.07) is 10.7. The summed E-state index contributed by atoms with van der Waals surface area (Å²) >= 11 is 1.78. The zero-order valence-electron chi connectivity index (χ0n) is 14.9. The zero-order chi connectivity index (χ0) is 18.5. The maximum absolute atomic E-state index is 12.5. The molecular formula is C19H24N4O2S. The summed E-state index contributed by atoms with van der Waals surface area (Å²) in [6.07, 6.45) is 0. The number of benzene rings is 1. The molecule has 0 spiro atoms. The highest BCUT2D eigenvalue weighted by Gasteiger charge is 2.25.